The number of halogens is 1. The molecular formula is C14H20BrN. The van der Waals surface area contributed by atoms with E-state index < -0.39 is 0 Å². The minimum atomic E-state index is 0.757. The Hall–Kier alpha value is -0.500. The second-order valence-corrected chi connectivity index (χ2v) is 5.47. The van der Waals surface area contributed by atoms with Crippen LogP contribution in [0.2, 0.25) is 0 Å². The van der Waals surface area contributed by atoms with Crippen molar-refractivity contribution in [3.8, 4) is 0 Å². The summed E-state index contributed by atoms with van der Waals surface area (Å²) < 4.78 is 1.18. The van der Waals surface area contributed by atoms with Crippen LogP contribution >= 0.6 is 15.9 Å². The van der Waals surface area contributed by atoms with Gasteiger partial charge in [-0.1, -0.05) is 41.3 Å². The van der Waals surface area contributed by atoms with E-state index in [4.69, 9.17) is 0 Å². The Labute approximate surface area is 107 Å². The Balaban J connectivity index is 2.14. The van der Waals surface area contributed by atoms with E-state index in [1.807, 2.05) is 0 Å². The molecule has 0 aromatic heterocycles. The lowest BCUT2D eigenvalue weighted by atomic mass is 9.94. The van der Waals surface area contributed by atoms with Gasteiger partial charge in [-0.05, 0) is 38.0 Å². The molecule has 0 N–H and O–H groups in total. The SMILES string of the molecule is CCN(c1cccc(Br)c1)C1CCCCC1. The van der Waals surface area contributed by atoms with E-state index in [0.29, 0.717) is 0 Å². The van der Waals surface area contributed by atoms with Crippen molar-refractivity contribution in [1.82, 2.24) is 0 Å². The van der Waals surface area contributed by atoms with Gasteiger partial charge < -0.3 is 4.90 Å². The van der Waals surface area contributed by atoms with Crippen LogP contribution < -0.4 is 4.90 Å². The molecule has 0 aliphatic heterocycles. The summed E-state index contributed by atoms with van der Waals surface area (Å²) in [7, 11) is 0. The van der Waals surface area contributed by atoms with Gasteiger partial charge in [-0.25, -0.2) is 0 Å². The zero-order valence-electron chi connectivity index (χ0n) is 9.95. The molecule has 1 aliphatic rings. The lowest BCUT2D eigenvalue weighted by Gasteiger charge is -2.35. The molecule has 1 aromatic carbocycles. The van der Waals surface area contributed by atoms with Gasteiger partial charge in [0.25, 0.3) is 0 Å². The van der Waals surface area contributed by atoms with Crippen molar-refractivity contribution in [2.24, 2.45) is 0 Å². The van der Waals surface area contributed by atoms with Crippen molar-refractivity contribution < 1.29 is 0 Å². The van der Waals surface area contributed by atoms with E-state index in [0.717, 1.165) is 12.6 Å². The fourth-order valence-corrected chi connectivity index (χ4v) is 3.09. The maximum absolute atomic E-state index is 3.56. The summed E-state index contributed by atoms with van der Waals surface area (Å²) in [6, 6.07) is 9.44. The van der Waals surface area contributed by atoms with Gasteiger partial charge in [-0.2, -0.15) is 0 Å². The van der Waals surface area contributed by atoms with Gasteiger partial charge in [0.15, 0.2) is 0 Å². The van der Waals surface area contributed by atoms with Crippen molar-refractivity contribution in [1.29, 1.82) is 0 Å². The van der Waals surface area contributed by atoms with Crippen LogP contribution in [0.5, 0.6) is 0 Å². The Morgan fingerprint density at radius 3 is 2.62 bits per heavy atom. The molecule has 0 heterocycles. The lowest BCUT2D eigenvalue weighted by Crippen LogP contribution is -2.36. The van der Waals surface area contributed by atoms with Crippen LogP contribution in [0.25, 0.3) is 0 Å². The largest absolute Gasteiger partial charge is 0.369 e. The maximum Gasteiger partial charge on any atom is 0.0379 e. The first kappa shape index (κ1) is 12.0. The first-order valence-corrected chi connectivity index (χ1v) is 7.12. The third kappa shape index (κ3) is 2.79. The van der Waals surface area contributed by atoms with Crippen molar-refractivity contribution >= 4 is 21.6 Å². The second kappa shape index (κ2) is 5.72. The summed E-state index contributed by atoms with van der Waals surface area (Å²) in [6.07, 6.45) is 6.94. The van der Waals surface area contributed by atoms with Crippen LogP contribution in [0.3, 0.4) is 0 Å². The van der Waals surface area contributed by atoms with Gasteiger partial charge in [0.2, 0.25) is 0 Å². The molecule has 0 atom stereocenters. The van der Waals surface area contributed by atoms with Crippen LogP contribution in [0.4, 0.5) is 5.69 Å². The van der Waals surface area contributed by atoms with Crippen molar-refractivity contribution in [3.63, 3.8) is 0 Å². The van der Waals surface area contributed by atoms with E-state index in [1.165, 1.54) is 42.3 Å². The van der Waals surface area contributed by atoms with Crippen molar-refractivity contribution in [2.45, 2.75) is 45.1 Å². The summed E-state index contributed by atoms with van der Waals surface area (Å²) in [5.41, 5.74) is 1.36. The number of hydrogen-bond acceptors (Lipinski definition) is 1. The predicted molar refractivity (Wildman–Crippen MR) is 74.0 cm³/mol. The van der Waals surface area contributed by atoms with Gasteiger partial charge in [0.05, 0.1) is 0 Å². The molecule has 1 nitrogen and oxygen atoms in total. The Bertz CT molecular complexity index is 331. The molecule has 1 aromatic rings. The molecule has 0 amide bonds. The lowest BCUT2D eigenvalue weighted by molar-refractivity contribution is 0.418. The smallest absolute Gasteiger partial charge is 0.0379 e. The van der Waals surface area contributed by atoms with Crippen LogP contribution in [0.15, 0.2) is 28.7 Å². The highest BCUT2D eigenvalue weighted by atomic mass is 79.9. The van der Waals surface area contributed by atoms with Gasteiger partial charge in [-0.15, -0.1) is 0 Å². The fraction of sp³-hybridized carbons (Fsp3) is 0.571. The minimum Gasteiger partial charge on any atom is -0.369 e. The number of nitrogens with zero attached hydrogens (tertiary/aromatic N) is 1. The number of benzene rings is 1. The molecule has 0 spiro atoms. The molecule has 0 radical (unpaired) electrons. The molecule has 0 bridgehead atoms. The maximum atomic E-state index is 3.56. The molecule has 1 saturated carbocycles. The number of rotatable bonds is 3. The molecule has 2 rings (SSSR count). The number of anilines is 1. The highest BCUT2D eigenvalue weighted by molar-refractivity contribution is 9.10. The predicted octanol–water partition coefficient (Wildman–Crippen LogP) is 4.61. The van der Waals surface area contributed by atoms with Gasteiger partial charge in [0.1, 0.15) is 0 Å². The zero-order valence-corrected chi connectivity index (χ0v) is 11.5. The van der Waals surface area contributed by atoms with Gasteiger partial charge in [-0.3, -0.25) is 0 Å². The summed E-state index contributed by atoms with van der Waals surface area (Å²) in [5, 5.41) is 0. The minimum absolute atomic E-state index is 0.757. The summed E-state index contributed by atoms with van der Waals surface area (Å²) >= 11 is 3.56. The van der Waals surface area contributed by atoms with Crippen LogP contribution in [-0.4, -0.2) is 12.6 Å². The third-order valence-electron chi connectivity index (χ3n) is 3.50. The van der Waals surface area contributed by atoms with E-state index in [-0.39, 0.29) is 0 Å². The van der Waals surface area contributed by atoms with Crippen molar-refractivity contribution in [3.05, 3.63) is 28.7 Å². The quantitative estimate of drug-likeness (QED) is 0.782. The molecule has 0 saturated heterocycles. The number of hydrogen-bond donors (Lipinski definition) is 0. The Morgan fingerprint density at radius 1 is 1.25 bits per heavy atom. The first-order chi connectivity index (χ1) is 7.81. The van der Waals surface area contributed by atoms with Crippen LogP contribution in [0, 0.1) is 0 Å². The first-order valence-electron chi connectivity index (χ1n) is 6.33. The normalized spacial score (nSPS) is 17.4. The highest BCUT2D eigenvalue weighted by Crippen LogP contribution is 2.28. The molecule has 1 aliphatic carbocycles. The van der Waals surface area contributed by atoms with E-state index in [1.54, 1.807) is 0 Å². The molecule has 16 heavy (non-hydrogen) atoms. The van der Waals surface area contributed by atoms with E-state index in [2.05, 4.69) is 52.0 Å². The van der Waals surface area contributed by atoms with Crippen molar-refractivity contribution in [2.75, 3.05) is 11.4 Å². The molecule has 1 fully saturated rings. The average molecular weight is 282 g/mol. The molecule has 88 valence electrons. The molecule has 2 heteroatoms. The fourth-order valence-electron chi connectivity index (χ4n) is 2.70. The Morgan fingerprint density at radius 2 is 2.00 bits per heavy atom. The van der Waals surface area contributed by atoms with Gasteiger partial charge in [0, 0.05) is 22.7 Å². The standard InChI is InChI=1S/C14H20BrN/c1-2-16(13-8-4-3-5-9-13)14-10-6-7-12(15)11-14/h6-7,10-11,13H,2-5,8-9H2,1H3. The molecule has 0 unspecified atom stereocenters. The summed E-state index contributed by atoms with van der Waals surface area (Å²) in [5.74, 6) is 0. The van der Waals surface area contributed by atoms with Gasteiger partial charge >= 0.3 is 0 Å². The third-order valence-corrected chi connectivity index (χ3v) is 3.99. The van der Waals surface area contributed by atoms with Crippen LogP contribution in [0.1, 0.15) is 39.0 Å². The van der Waals surface area contributed by atoms with Crippen LogP contribution in [-0.2, 0) is 0 Å². The topological polar surface area (TPSA) is 3.24 Å². The Kier molecular flexibility index (Phi) is 4.28. The average Bonchev–Trinajstić information content (AvgIpc) is 2.31. The van der Waals surface area contributed by atoms with E-state index >= 15 is 0 Å². The zero-order chi connectivity index (χ0) is 11.4. The second-order valence-electron chi connectivity index (χ2n) is 4.56. The molecular weight excluding hydrogens is 262 g/mol. The summed E-state index contributed by atoms with van der Waals surface area (Å²) in [4.78, 5) is 2.56. The monoisotopic (exact) mass is 281 g/mol. The van der Waals surface area contributed by atoms with E-state index in [9.17, 15) is 0 Å². The summed E-state index contributed by atoms with van der Waals surface area (Å²) in [6.45, 7) is 3.37. The highest BCUT2D eigenvalue weighted by Gasteiger charge is 2.19.